The van der Waals surface area contributed by atoms with Gasteiger partial charge < -0.3 is 0 Å². The van der Waals surface area contributed by atoms with E-state index < -0.39 is 11.6 Å². The summed E-state index contributed by atoms with van der Waals surface area (Å²) in [5.41, 5.74) is 1.15. The molecule has 1 aromatic heterocycles. The molecule has 17 heavy (non-hydrogen) atoms. The van der Waals surface area contributed by atoms with E-state index in [4.69, 9.17) is 0 Å². The first-order chi connectivity index (χ1) is 8.16. The van der Waals surface area contributed by atoms with Crippen molar-refractivity contribution in [2.24, 2.45) is 4.99 Å². The van der Waals surface area contributed by atoms with Crippen LogP contribution in [0.5, 0.6) is 0 Å². The highest BCUT2D eigenvalue weighted by Crippen LogP contribution is 2.19. The topological polar surface area (TPSA) is 25.2 Å². The van der Waals surface area contributed by atoms with Gasteiger partial charge in [0, 0.05) is 12.3 Å². The first-order valence-corrected chi connectivity index (χ1v) is 5.08. The zero-order valence-corrected chi connectivity index (χ0v) is 9.19. The van der Waals surface area contributed by atoms with Crippen LogP contribution < -0.4 is 0 Å². The van der Waals surface area contributed by atoms with E-state index in [0.717, 1.165) is 18.2 Å². The maximum atomic E-state index is 13.4. The van der Waals surface area contributed by atoms with Crippen molar-refractivity contribution in [2.45, 2.75) is 6.92 Å². The van der Waals surface area contributed by atoms with Gasteiger partial charge in [-0.15, -0.1) is 0 Å². The van der Waals surface area contributed by atoms with Gasteiger partial charge in [-0.25, -0.2) is 13.8 Å². The number of rotatable bonds is 2. The monoisotopic (exact) mass is 232 g/mol. The van der Waals surface area contributed by atoms with Crippen LogP contribution >= 0.6 is 0 Å². The molecule has 0 N–H and O–H groups in total. The fraction of sp³-hybridized carbons (Fsp3) is 0.0769. The molecule has 0 fully saturated rings. The van der Waals surface area contributed by atoms with Gasteiger partial charge in [0.25, 0.3) is 0 Å². The van der Waals surface area contributed by atoms with Crippen LogP contribution in [-0.2, 0) is 0 Å². The Morgan fingerprint density at radius 2 is 2.00 bits per heavy atom. The molecular formula is C13H10F2N2. The number of aromatic nitrogens is 1. The smallest absolute Gasteiger partial charge is 0.149 e. The molecule has 0 amide bonds. The van der Waals surface area contributed by atoms with Gasteiger partial charge in [-0.05, 0) is 31.2 Å². The molecule has 1 aromatic carbocycles. The van der Waals surface area contributed by atoms with Crippen molar-refractivity contribution >= 4 is 11.4 Å². The Labute approximate surface area is 97.7 Å². The van der Waals surface area contributed by atoms with Gasteiger partial charge in [0.15, 0.2) is 0 Å². The lowest BCUT2D eigenvalue weighted by Gasteiger charge is -2.01. The second-order valence-electron chi connectivity index (χ2n) is 3.51. The van der Waals surface area contributed by atoms with Crippen LogP contribution in [0.3, 0.4) is 0 Å². The Bertz CT molecular complexity index is 551. The van der Waals surface area contributed by atoms with Gasteiger partial charge in [0.05, 0.1) is 11.4 Å². The van der Waals surface area contributed by atoms with Crippen molar-refractivity contribution in [3.05, 3.63) is 59.9 Å². The van der Waals surface area contributed by atoms with Crippen molar-refractivity contribution in [1.82, 2.24) is 4.98 Å². The van der Waals surface area contributed by atoms with E-state index in [1.807, 2.05) is 6.07 Å². The number of nitrogens with zero attached hydrogens (tertiary/aromatic N) is 2. The number of hydrogen-bond acceptors (Lipinski definition) is 2. The number of benzene rings is 1. The SMILES string of the molecule is CC(=Nc1cc(F)ccc1F)c1ccccn1. The highest BCUT2D eigenvalue weighted by molar-refractivity contribution is 5.98. The quantitative estimate of drug-likeness (QED) is 0.727. The van der Waals surface area contributed by atoms with Crippen LogP contribution in [0, 0.1) is 11.6 Å². The predicted octanol–water partition coefficient (Wildman–Crippen LogP) is 3.50. The summed E-state index contributed by atoms with van der Waals surface area (Å²) in [4.78, 5) is 8.11. The van der Waals surface area contributed by atoms with E-state index in [1.54, 1.807) is 25.3 Å². The van der Waals surface area contributed by atoms with Crippen molar-refractivity contribution in [2.75, 3.05) is 0 Å². The van der Waals surface area contributed by atoms with Crippen LogP contribution in [0.25, 0.3) is 0 Å². The van der Waals surface area contributed by atoms with E-state index in [2.05, 4.69) is 9.98 Å². The predicted molar refractivity (Wildman–Crippen MR) is 62.5 cm³/mol. The molecule has 1 heterocycles. The normalized spacial score (nSPS) is 11.6. The minimum Gasteiger partial charge on any atom is -0.255 e. The Hall–Kier alpha value is -2.10. The van der Waals surface area contributed by atoms with E-state index in [-0.39, 0.29) is 5.69 Å². The molecule has 0 radical (unpaired) electrons. The third-order valence-corrected chi connectivity index (χ3v) is 2.23. The van der Waals surface area contributed by atoms with E-state index in [9.17, 15) is 8.78 Å². The Balaban J connectivity index is 2.39. The molecule has 0 saturated carbocycles. The summed E-state index contributed by atoms with van der Waals surface area (Å²) in [6, 6.07) is 8.52. The molecule has 0 bridgehead atoms. The summed E-state index contributed by atoms with van der Waals surface area (Å²) in [5, 5.41) is 0. The van der Waals surface area contributed by atoms with Gasteiger partial charge in [-0.2, -0.15) is 0 Å². The summed E-state index contributed by atoms with van der Waals surface area (Å²) in [6.07, 6.45) is 1.62. The molecule has 4 heteroatoms. The molecule has 0 aliphatic carbocycles. The van der Waals surface area contributed by atoms with Crippen LogP contribution in [0.2, 0.25) is 0 Å². The summed E-state index contributed by atoms with van der Waals surface area (Å²) < 4.78 is 26.3. The largest absolute Gasteiger partial charge is 0.255 e. The van der Waals surface area contributed by atoms with Crippen LogP contribution in [0.4, 0.5) is 14.5 Å². The standard InChI is InChI=1S/C13H10F2N2/c1-9(12-4-2-3-7-16-12)17-13-8-10(14)5-6-11(13)15/h2-8H,1H3. The molecule has 0 aliphatic rings. The maximum absolute atomic E-state index is 13.4. The van der Waals surface area contributed by atoms with E-state index in [1.165, 1.54) is 0 Å². The van der Waals surface area contributed by atoms with Crippen LogP contribution in [0.1, 0.15) is 12.6 Å². The molecule has 0 atom stereocenters. The average Bonchev–Trinajstić information content (AvgIpc) is 2.35. The average molecular weight is 232 g/mol. The molecule has 2 rings (SSSR count). The van der Waals surface area contributed by atoms with Crippen molar-refractivity contribution < 1.29 is 8.78 Å². The Kier molecular flexibility index (Phi) is 3.23. The maximum Gasteiger partial charge on any atom is 0.149 e. The second-order valence-corrected chi connectivity index (χ2v) is 3.51. The number of pyridine rings is 1. The first kappa shape index (κ1) is 11.4. The lowest BCUT2D eigenvalue weighted by atomic mass is 10.2. The van der Waals surface area contributed by atoms with Crippen LogP contribution in [-0.4, -0.2) is 10.7 Å². The highest BCUT2D eigenvalue weighted by atomic mass is 19.1. The zero-order valence-electron chi connectivity index (χ0n) is 9.19. The summed E-state index contributed by atoms with van der Waals surface area (Å²) in [6.45, 7) is 1.70. The molecular weight excluding hydrogens is 222 g/mol. The first-order valence-electron chi connectivity index (χ1n) is 5.08. The van der Waals surface area contributed by atoms with Gasteiger partial charge in [-0.3, -0.25) is 4.98 Å². The fourth-order valence-corrected chi connectivity index (χ4v) is 1.39. The third-order valence-electron chi connectivity index (χ3n) is 2.23. The van der Waals surface area contributed by atoms with E-state index in [0.29, 0.717) is 11.4 Å². The molecule has 0 spiro atoms. The van der Waals surface area contributed by atoms with Crippen molar-refractivity contribution in [3.63, 3.8) is 0 Å². The molecule has 86 valence electrons. The summed E-state index contributed by atoms with van der Waals surface area (Å²) in [7, 11) is 0. The zero-order chi connectivity index (χ0) is 12.3. The van der Waals surface area contributed by atoms with Gasteiger partial charge >= 0.3 is 0 Å². The fourth-order valence-electron chi connectivity index (χ4n) is 1.39. The minimum absolute atomic E-state index is 0.0202. The summed E-state index contributed by atoms with van der Waals surface area (Å²) in [5.74, 6) is -1.07. The lowest BCUT2D eigenvalue weighted by Crippen LogP contribution is -1.97. The molecule has 2 nitrogen and oxygen atoms in total. The molecule has 0 aliphatic heterocycles. The van der Waals surface area contributed by atoms with E-state index >= 15 is 0 Å². The Morgan fingerprint density at radius 3 is 2.71 bits per heavy atom. The second kappa shape index (κ2) is 4.82. The number of halogens is 2. The third kappa shape index (κ3) is 2.72. The van der Waals surface area contributed by atoms with Gasteiger partial charge in [0.2, 0.25) is 0 Å². The Morgan fingerprint density at radius 1 is 1.18 bits per heavy atom. The van der Waals surface area contributed by atoms with Gasteiger partial charge in [-0.1, -0.05) is 6.07 Å². The minimum atomic E-state index is -0.554. The lowest BCUT2D eigenvalue weighted by molar-refractivity contribution is 0.602. The number of aliphatic imine (C=N–C) groups is 1. The highest BCUT2D eigenvalue weighted by Gasteiger charge is 2.04. The molecule has 0 saturated heterocycles. The van der Waals surface area contributed by atoms with Crippen molar-refractivity contribution in [1.29, 1.82) is 0 Å². The van der Waals surface area contributed by atoms with Crippen LogP contribution in [0.15, 0.2) is 47.6 Å². The molecule has 2 aromatic rings. The molecule has 0 unspecified atom stereocenters. The van der Waals surface area contributed by atoms with Gasteiger partial charge in [0.1, 0.15) is 17.3 Å². The summed E-state index contributed by atoms with van der Waals surface area (Å²) >= 11 is 0. The van der Waals surface area contributed by atoms with Crippen molar-refractivity contribution in [3.8, 4) is 0 Å². The number of hydrogen-bond donors (Lipinski definition) is 0.